The van der Waals surface area contributed by atoms with Crippen LogP contribution >= 0.6 is 23.2 Å². The third-order valence-electron chi connectivity index (χ3n) is 3.67. The van der Waals surface area contributed by atoms with Gasteiger partial charge in [0.2, 0.25) is 5.91 Å². The number of hydrogen-bond donors (Lipinski definition) is 3. The standard InChI is InChI=1S/C20H13Cl2NO5/c21-12-7-11(8-13(22)9-12)18-5-2-15(28-18)3-6-19(25)23-14-1-4-17(24)16(10-14)20(26)27/h1-10,24H,(H,23,25)(H,26,27)/b6-3+. The van der Waals surface area contributed by atoms with Crippen LogP contribution < -0.4 is 5.32 Å². The number of phenols is 1. The normalized spacial score (nSPS) is 10.9. The fourth-order valence-corrected chi connectivity index (χ4v) is 2.95. The number of carboxylic acids is 1. The molecular weight excluding hydrogens is 405 g/mol. The van der Waals surface area contributed by atoms with E-state index in [2.05, 4.69) is 5.32 Å². The molecule has 0 unspecified atom stereocenters. The van der Waals surface area contributed by atoms with E-state index >= 15 is 0 Å². The third-order valence-corrected chi connectivity index (χ3v) is 4.10. The van der Waals surface area contributed by atoms with Gasteiger partial charge < -0.3 is 19.9 Å². The third kappa shape index (κ3) is 4.73. The molecule has 0 saturated heterocycles. The van der Waals surface area contributed by atoms with Crippen molar-refractivity contribution in [3.05, 3.63) is 76.0 Å². The van der Waals surface area contributed by atoms with Gasteiger partial charge >= 0.3 is 5.97 Å². The highest BCUT2D eigenvalue weighted by molar-refractivity contribution is 6.35. The molecule has 1 heterocycles. The van der Waals surface area contributed by atoms with Crippen LogP contribution in [0.25, 0.3) is 17.4 Å². The highest BCUT2D eigenvalue weighted by atomic mass is 35.5. The first-order valence-corrected chi connectivity index (χ1v) is 8.69. The number of benzene rings is 2. The summed E-state index contributed by atoms with van der Waals surface area (Å²) in [6, 6.07) is 12.2. The number of aromatic hydroxyl groups is 1. The van der Waals surface area contributed by atoms with E-state index in [1.165, 1.54) is 24.3 Å². The van der Waals surface area contributed by atoms with Gasteiger partial charge in [-0.15, -0.1) is 0 Å². The minimum Gasteiger partial charge on any atom is -0.507 e. The van der Waals surface area contributed by atoms with Crippen LogP contribution in [-0.2, 0) is 4.79 Å². The largest absolute Gasteiger partial charge is 0.507 e. The Morgan fingerprint density at radius 1 is 1.00 bits per heavy atom. The summed E-state index contributed by atoms with van der Waals surface area (Å²) in [5.41, 5.74) is 0.628. The lowest BCUT2D eigenvalue weighted by atomic mass is 10.2. The highest BCUT2D eigenvalue weighted by Gasteiger charge is 2.11. The summed E-state index contributed by atoms with van der Waals surface area (Å²) in [6.07, 6.45) is 2.70. The van der Waals surface area contributed by atoms with Crippen molar-refractivity contribution in [1.82, 2.24) is 0 Å². The van der Waals surface area contributed by atoms with Crippen molar-refractivity contribution >= 4 is 46.8 Å². The summed E-state index contributed by atoms with van der Waals surface area (Å²) in [5, 5.41) is 21.9. The van der Waals surface area contributed by atoms with Crippen molar-refractivity contribution in [2.75, 3.05) is 5.32 Å². The molecule has 1 aromatic heterocycles. The Morgan fingerprint density at radius 3 is 2.39 bits per heavy atom. The number of anilines is 1. The van der Waals surface area contributed by atoms with E-state index in [4.69, 9.17) is 32.7 Å². The van der Waals surface area contributed by atoms with E-state index in [-0.39, 0.29) is 17.0 Å². The number of carboxylic acid groups (broad SMARTS) is 1. The molecule has 0 radical (unpaired) electrons. The van der Waals surface area contributed by atoms with Gasteiger partial charge in [0, 0.05) is 27.4 Å². The van der Waals surface area contributed by atoms with Gasteiger partial charge in [-0.3, -0.25) is 4.79 Å². The van der Waals surface area contributed by atoms with Gasteiger partial charge in [-0.1, -0.05) is 23.2 Å². The second-order valence-electron chi connectivity index (χ2n) is 5.72. The number of carbonyl (C=O) groups excluding carboxylic acids is 1. The van der Waals surface area contributed by atoms with Crippen molar-refractivity contribution in [2.45, 2.75) is 0 Å². The minimum atomic E-state index is -1.30. The molecule has 0 aliphatic heterocycles. The summed E-state index contributed by atoms with van der Waals surface area (Å²) in [4.78, 5) is 23.0. The second kappa shape index (κ2) is 8.21. The van der Waals surface area contributed by atoms with Gasteiger partial charge in [0.1, 0.15) is 22.8 Å². The molecule has 0 atom stereocenters. The van der Waals surface area contributed by atoms with Gasteiger partial charge in [0.05, 0.1) is 0 Å². The molecule has 0 bridgehead atoms. The predicted molar refractivity (Wildman–Crippen MR) is 107 cm³/mol. The van der Waals surface area contributed by atoms with Crippen LogP contribution in [-0.4, -0.2) is 22.1 Å². The molecule has 2 aromatic carbocycles. The zero-order chi connectivity index (χ0) is 20.3. The summed E-state index contributed by atoms with van der Waals surface area (Å²) in [6.45, 7) is 0. The van der Waals surface area contributed by atoms with Crippen LogP contribution in [0.1, 0.15) is 16.1 Å². The average Bonchev–Trinajstić information content (AvgIpc) is 3.10. The number of hydrogen-bond acceptors (Lipinski definition) is 4. The molecule has 0 saturated carbocycles. The lowest BCUT2D eigenvalue weighted by molar-refractivity contribution is -0.111. The zero-order valence-corrected chi connectivity index (χ0v) is 15.7. The number of amides is 1. The van der Waals surface area contributed by atoms with Gasteiger partial charge in [-0.25, -0.2) is 4.79 Å². The summed E-state index contributed by atoms with van der Waals surface area (Å²) in [7, 11) is 0. The molecule has 8 heteroatoms. The van der Waals surface area contributed by atoms with E-state index in [9.17, 15) is 14.7 Å². The molecule has 1 amide bonds. The number of furan rings is 1. The maximum absolute atomic E-state index is 12.0. The van der Waals surface area contributed by atoms with Gasteiger partial charge in [-0.2, -0.15) is 0 Å². The average molecular weight is 418 g/mol. The summed E-state index contributed by atoms with van der Waals surface area (Å²) < 4.78 is 5.65. The molecule has 6 nitrogen and oxygen atoms in total. The molecule has 3 aromatic rings. The molecule has 0 aliphatic carbocycles. The Balaban J connectivity index is 1.71. The van der Waals surface area contributed by atoms with Gasteiger partial charge in [-0.05, 0) is 54.6 Å². The van der Waals surface area contributed by atoms with E-state index < -0.39 is 11.9 Å². The van der Waals surface area contributed by atoms with Crippen molar-refractivity contribution in [3.8, 4) is 17.1 Å². The zero-order valence-electron chi connectivity index (χ0n) is 14.1. The van der Waals surface area contributed by atoms with Crippen molar-refractivity contribution in [2.24, 2.45) is 0 Å². The van der Waals surface area contributed by atoms with E-state index in [0.717, 1.165) is 6.07 Å². The van der Waals surface area contributed by atoms with Gasteiger partial charge in [0.25, 0.3) is 0 Å². The predicted octanol–water partition coefficient (Wildman–Crippen LogP) is 5.31. The summed E-state index contributed by atoms with van der Waals surface area (Å²) in [5.74, 6) is -1.21. The van der Waals surface area contributed by atoms with Crippen LogP contribution in [0.2, 0.25) is 10.0 Å². The van der Waals surface area contributed by atoms with Crippen LogP contribution in [0.3, 0.4) is 0 Å². The van der Waals surface area contributed by atoms with E-state index in [1.54, 1.807) is 30.3 Å². The Morgan fingerprint density at radius 2 is 1.71 bits per heavy atom. The van der Waals surface area contributed by atoms with Crippen molar-refractivity contribution in [3.63, 3.8) is 0 Å². The molecule has 0 aliphatic rings. The van der Waals surface area contributed by atoms with E-state index in [0.29, 0.717) is 27.1 Å². The van der Waals surface area contributed by atoms with Crippen LogP contribution in [0.5, 0.6) is 5.75 Å². The fourth-order valence-electron chi connectivity index (χ4n) is 2.42. The van der Waals surface area contributed by atoms with Crippen LogP contribution in [0.15, 0.2) is 59.0 Å². The Kier molecular flexibility index (Phi) is 5.73. The lowest BCUT2D eigenvalue weighted by Gasteiger charge is -2.05. The lowest BCUT2D eigenvalue weighted by Crippen LogP contribution is -2.08. The maximum atomic E-state index is 12.0. The first-order chi connectivity index (χ1) is 13.3. The molecule has 0 spiro atoms. The van der Waals surface area contributed by atoms with Crippen molar-refractivity contribution in [1.29, 1.82) is 0 Å². The minimum absolute atomic E-state index is 0.235. The first kappa shape index (κ1) is 19.5. The van der Waals surface area contributed by atoms with Crippen molar-refractivity contribution < 1.29 is 24.2 Å². The topological polar surface area (TPSA) is 99.8 Å². The fraction of sp³-hybridized carbons (Fsp3) is 0. The number of aromatic carboxylic acids is 1. The Bertz CT molecular complexity index is 1070. The molecular formula is C20H13Cl2NO5. The summed E-state index contributed by atoms with van der Waals surface area (Å²) >= 11 is 12.0. The number of carbonyl (C=O) groups is 2. The van der Waals surface area contributed by atoms with Crippen LogP contribution in [0, 0.1) is 0 Å². The highest BCUT2D eigenvalue weighted by Crippen LogP contribution is 2.29. The monoisotopic (exact) mass is 417 g/mol. The Hall–Kier alpha value is -3.22. The first-order valence-electron chi connectivity index (χ1n) is 7.93. The van der Waals surface area contributed by atoms with Crippen LogP contribution in [0.4, 0.5) is 5.69 Å². The van der Waals surface area contributed by atoms with E-state index in [1.807, 2.05) is 0 Å². The van der Waals surface area contributed by atoms with Gasteiger partial charge in [0.15, 0.2) is 0 Å². The SMILES string of the molecule is O=C(/C=C/c1ccc(-c2cc(Cl)cc(Cl)c2)o1)Nc1ccc(O)c(C(=O)O)c1. The quantitative estimate of drug-likeness (QED) is 0.385. The maximum Gasteiger partial charge on any atom is 0.339 e. The molecule has 3 rings (SSSR count). The molecule has 3 N–H and O–H groups in total. The Labute approximate surface area is 169 Å². The molecule has 142 valence electrons. The number of rotatable bonds is 5. The number of nitrogens with one attached hydrogen (secondary N) is 1. The number of halogens is 2. The molecule has 0 fully saturated rings. The molecule has 28 heavy (non-hydrogen) atoms. The smallest absolute Gasteiger partial charge is 0.339 e. The second-order valence-corrected chi connectivity index (χ2v) is 6.59.